The van der Waals surface area contributed by atoms with Crippen LogP contribution in [0.5, 0.6) is 0 Å². The van der Waals surface area contributed by atoms with Crippen LogP contribution in [0.25, 0.3) is 0 Å². The molecule has 1 atom stereocenters. The SMILES string of the molecule is c1ccc(CC2CCCN2Cc2nc(C3CC3)no2)cc1. The number of nitrogens with zero attached hydrogens (tertiary/aromatic N) is 3. The molecule has 2 heterocycles. The molecule has 21 heavy (non-hydrogen) atoms. The molecule has 1 aromatic heterocycles. The predicted octanol–water partition coefficient (Wildman–Crippen LogP) is 3.15. The lowest BCUT2D eigenvalue weighted by Gasteiger charge is -2.22. The zero-order valence-electron chi connectivity index (χ0n) is 12.2. The molecule has 0 radical (unpaired) electrons. The van der Waals surface area contributed by atoms with Gasteiger partial charge in [-0.05, 0) is 44.2 Å². The molecular weight excluding hydrogens is 262 g/mol. The van der Waals surface area contributed by atoms with Gasteiger partial charge in [0.15, 0.2) is 5.82 Å². The Bertz CT molecular complexity index is 591. The van der Waals surface area contributed by atoms with E-state index >= 15 is 0 Å². The molecule has 0 spiro atoms. The summed E-state index contributed by atoms with van der Waals surface area (Å²) in [7, 11) is 0. The van der Waals surface area contributed by atoms with Crippen molar-refractivity contribution in [3.63, 3.8) is 0 Å². The van der Waals surface area contributed by atoms with E-state index in [-0.39, 0.29) is 0 Å². The van der Waals surface area contributed by atoms with E-state index in [9.17, 15) is 0 Å². The van der Waals surface area contributed by atoms with Crippen LogP contribution in [0.1, 0.15) is 48.9 Å². The lowest BCUT2D eigenvalue weighted by atomic mass is 10.0. The van der Waals surface area contributed by atoms with E-state index < -0.39 is 0 Å². The van der Waals surface area contributed by atoms with Crippen LogP contribution in [0.2, 0.25) is 0 Å². The van der Waals surface area contributed by atoms with Crippen LogP contribution in [0.15, 0.2) is 34.9 Å². The number of aromatic nitrogens is 2. The number of likely N-dealkylation sites (tertiary alicyclic amines) is 1. The number of benzene rings is 1. The van der Waals surface area contributed by atoms with Gasteiger partial charge in [-0.3, -0.25) is 4.90 Å². The Morgan fingerprint density at radius 2 is 2.00 bits per heavy atom. The van der Waals surface area contributed by atoms with E-state index in [2.05, 4.69) is 45.4 Å². The van der Waals surface area contributed by atoms with E-state index in [1.54, 1.807) is 0 Å². The normalized spacial score (nSPS) is 22.8. The van der Waals surface area contributed by atoms with E-state index in [0.717, 1.165) is 31.2 Å². The fraction of sp³-hybridized carbons (Fsp3) is 0.529. The Balaban J connectivity index is 1.41. The van der Waals surface area contributed by atoms with Crippen molar-refractivity contribution in [2.75, 3.05) is 6.54 Å². The molecule has 2 aromatic rings. The average molecular weight is 283 g/mol. The molecule has 2 fully saturated rings. The van der Waals surface area contributed by atoms with Crippen molar-refractivity contribution in [2.24, 2.45) is 0 Å². The minimum Gasteiger partial charge on any atom is -0.338 e. The highest BCUT2D eigenvalue weighted by molar-refractivity contribution is 5.16. The third-order valence-corrected chi connectivity index (χ3v) is 4.58. The summed E-state index contributed by atoms with van der Waals surface area (Å²) in [5, 5.41) is 4.12. The Kier molecular flexibility index (Phi) is 3.47. The summed E-state index contributed by atoms with van der Waals surface area (Å²) in [6.07, 6.45) is 6.09. The Labute approximate surface area is 125 Å². The first-order valence-corrected chi connectivity index (χ1v) is 7.99. The molecule has 4 heteroatoms. The van der Waals surface area contributed by atoms with Crippen LogP contribution >= 0.6 is 0 Å². The van der Waals surface area contributed by atoms with Crippen molar-refractivity contribution in [3.05, 3.63) is 47.6 Å². The summed E-state index contributed by atoms with van der Waals surface area (Å²) >= 11 is 0. The highest BCUT2D eigenvalue weighted by atomic mass is 16.5. The van der Waals surface area contributed by atoms with Crippen LogP contribution < -0.4 is 0 Å². The van der Waals surface area contributed by atoms with Gasteiger partial charge in [0.2, 0.25) is 5.89 Å². The molecule has 1 aromatic carbocycles. The molecule has 0 bridgehead atoms. The molecule has 2 aliphatic rings. The van der Waals surface area contributed by atoms with Crippen LogP contribution in [0, 0.1) is 0 Å². The first-order valence-electron chi connectivity index (χ1n) is 7.99. The summed E-state index contributed by atoms with van der Waals surface area (Å²) < 4.78 is 5.42. The van der Waals surface area contributed by atoms with Gasteiger partial charge < -0.3 is 4.52 Å². The van der Waals surface area contributed by atoms with Crippen molar-refractivity contribution in [3.8, 4) is 0 Å². The molecule has 1 unspecified atom stereocenters. The lowest BCUT2D eigenvalue weighted by Crippen LogP contribution is -2.30. The van der Waals surface area contributed by atoms with Crippen molar-refractivity contribution < 1.29 is 4.52 Å². The fourth-order valence-electron chi connectivity index (χ4n) is 3.23. The highest BCUT2D eigenvalue weighted by Gasteiger charge is 2.30. The average Bonchev–Trinajstić information content (AvgIpc) is 3.12. The molecule has 1 saturated heterocycles. The molecule has 4 nitrogen and oxygen atoms in total. The third kappa shape index (κ3) is 3.00. The maximum Gasteiger partial charge on any atom is 0.240 e. The highest BCUT2D eigenvalue weighted by Crippen LogP contribution is 2.38. The van der Waals surface area contributed by atoms with Crippen LogP contribution in [-0.2, 0) is 13.0 Å². The lowest BCUT2D eigenvalue weighted by molar-refractivity contribution is 0.209. The largest absolute Gasteiger partial charge is 0.338 e. The quantitative estimate of drug-likeness (QED) is 0.845. The first kappa shape index (κ1) is 13.0. The van der Waals surface area contributed by atoms with Gasteiger partial charge in [0.25, 0.3) is 0 Å². The van der Waals surface area contributed by atoms with Gasteiger partial charge in [-0.2, -0.15) is 4.98 Å². The van der Waals surface area contributed by atoms with Gasteiger partial charge >= 0.3 is 0 Å². The topological polar surface area (TPSA) is 42.2 Å². The van der Waals surface area contributed by atoms with Crippen molar-refractivity contribution in [1.29, 1.82) is 0 Å². The second-order valence-corrected chi connectivity index (χ2v) is 6.28. The van der Waals surface area contributed by atoms with Gasteiger partial charge in [-0.25, -0.2) is 0 Å². The Hall–Kier alpha value is -1.68. The number of rotatable bonds is 5. The number of hydrogen-bond donors (Lipinski definition) is 0. The van der Waals surface area contributed by atoms with E-state index in [0.29, 0.717) is 12.0 Å². The molecule has 1 aliphatic carbocycles. The van der Waals surface area contributed by atoms with E-state index in [1.165, 1.54) is 31.2 Å². The standard InChI is InChI=1S/C17H21N3O/c1-2-5-13(6-3-1)11-15-7-4-10-20(15)12-16-18-17(19-21-16)14-8-9-14/h1-3,5-6,14-15H,4,7-12H2. The van der Waals surface area contributed by atoms with Crippen molar-refractivity contribution >= 4 is 0 Å². The smallest absolute Gasteiger partial charge is 0.240 e. The minimum atomic E-state index is 0.571. The van der Waals surface area contributed by atoms with Gasteiger partial charge in [0.05, 0.1) is 6.54 Å². The predicted molar refractivity (Wildman–Crippen MR) is 79.9 cm³/mol. The Morgan fingerprint density at radius 1 is 1.14 bits per heavy atom. The second-order valence-electron chi connectivity index (χ2n) is 6.28. The third-order valence-electron chi connectivity index (χ3n) is 4.58. The first-order chi connectivity index (χ1) is 10.4. The summed E-state index contributed by atoms with van der Waals surface area (Å²) in [6.45, 7) is 1.94. The summed E-state index contributed by atoms with van der Waals surface area (Å²) in [5.41, 5.74) is 1.42. The maximum absolute atomic E-state index is 5.42. The van der Waals surface area contributed by atoms with Gasteiger partial charge in [-0.15, -0.1) is 0 Å². The molecule has 110 valence electrons. The summed E-state index contributed by atoms with van der Waals surface area (Å²) in [6, 6.07) is 11.4. The monoisotopic (exact) mass is 283 g/mol. The molecule has 0 N–H and O–H groups in total. The number of hydrogen-bond acceptors (Lipinski definition) is 4. The molecule has 0 amide bonds. The van der Waals surface area contributed by atoms with Gasteiger partial charge in [-0.1, -0.05) is 35.5 Å². The van der Waals surface area contributed by atoms with Crippen LogP contribution in [0.4, 0.5) is 0 Å². The molecule has 1 saturated carbocycles. The Morgan fingerprint density at radius 3 is 2.81 bits per heavy atom. The summed E-state index contributed by atoms with van der Waals surface area (Å²) in [4.78, 5) is 7.05. The van der Waals surface area contributed by atoms with Crippen LogP contribution in [-0.4, -0.2) is 27.6 Å². The minimum absolute atomic E-state index is 0.571. The van der Waals surface area contributed by atoms with E-state index in [4.69, 9.17) is 4.52 Å². The van der Waals surface area contributed by atoms with Gasteiger partial charge in [0.1, 0.15) is 0 Å². The van der Waals surface area contributed by atoms with E-state index in [1.807, 2.05) is 0 Å². The maximum atomic E-state index is 5.42. The molecular formula is C17H21N3O. The summed E-state index contributed by atoms with van der Waals surface area (Å²) in [5.74, 6) is 2.28. The zero-order chi connectivity index (χ0) is 14.1. The van der Waals surface area contributed by atoms with Crippen LogP contribution in [0.3, 0.4) is 0 Å². The second kappa shape index (κ2) is 5.60. The molecule has 1 aliphatic heterocycles. The van der Waals surface area contributed by atoms with Crippen molar-refractivity contribution in [2.45, 2.75) is 50.6 Å². The fourth-order valence-corrected chi connectivity index (χ4v) is 3.23. The zero-order valence-corrected chi connectivity index (χ0v) is 12.2. The van der Waals surface area contributed by atoms with Crippen molar-refractivity contribution in [1.82, 2.24) is 15.0 Å². The van der Waals surface area contributed by atoms with Gasteiger partial charge in [0, 0.05) is 12.0 Å². The molecule has 4 rings (SSSR count).